The fourth-order valence-electron chi connectivity index (χ4n) is 14.0. The molecule has 0 saturated heterocycles. The minimum Gasteiger partial charge on any atom is -0.255 e. The molecule has 20 aromatic rings. The van der Waals surface area contributed by atoms with Crippen molar-refractivity contribution in [2.24, 2.45) is 0 Å². The zero-order valence-corrected chi connectivity index (χ0v) is 54.3. The molecular weight excluding hydrogens is 1260 g/mol. The molecule has 20 rings (SSSR count). The molecule has 0 N–H and O–H groups in total. The molecule has 0 bridgehead atoms. The van der Waals surface area contributed by atoms with Crippen molar-refractivity contribution in [2.45, 2.75) is 0 Å². The number of hydrogen-bond acceptors (Lipinski definition) is 13. The Balaban J connectivity index is 0.000000142. The van der Waals surface area contributed by atoms with Gasteiger partial charge in [-0.25, -0.2) is 34.2 Å². The second kappa shape index (κ2) is 25.0. The van der Waals surface area contributed by atoms with Gasteiger partial charge in [0.2, 0.25) is 0 Å². The fraction of sp³-hybridized carbons (Fsp3) is 0. The molecule has 0 unspecified atom stereocenters. The highest BCUT2D eigenvalue weighted by molar-refractivity contribution is 6.25. The Hall–Kier alpha value is -14.2. The number of nitrogens with zero attached hydrogens (tertiary/aromatic N) is 11. The number of hydrogen-bond donors (Lipinski definition) is 0. The van der Waals surface area contributed by atoms with Crippen LogP contribution < -0.4 is 0 Å². The Kier molecular flexibility index (Phi) is 14.5. The van der Waals surface area contributed by atoms with E-state index in [4.69, 9.17) is 34.2 Å². The first-order chi connectivity index (χ1) is 50.5. The minimum absolute atomic E-state index is 0.712. The van der Waals surface area contributed by atoms with Gasteiger partial charge >= 0.3 is 0 Å². The number of aromatic nitrogens is 11. The quantitative estimate of drug-likeness (QED) is 0.119. The van der Waals surface area contributed by atoms with Crippen LogP contribution in [0.15, 0.2) is 331 Å². The minimum atomic E-state index is 0.712. The van der Waals surface area contributed by atoms with E-state index in [1.54, 1.807) is 12.4 Å². The summed E-state index contributed by atoms with van der Waals surface area (Å²) in [5.74, 6) is 0. The van der Waals surface area contributed by atoms with Crippen molar-refractivity contribution in [3.63, 3.8) is 0 Å². The van der Waals surface area contributed by atoms with E-state index < -0.39 is 0 Å². The van der Waals surface area contributed by atoms with Gasteiger partial charge in [0, 0.05) is 88.9 Å². The smallest absolute Gasteiger partial charge is 0.144 e. The Labute approximate surface area is 582 Å². The third-order valence-electron chi connectivity index (χ3n) is 19.0. The third-order valence-corrected chi connectivity index (χ3v) is 19.0. The van der Waals surface area contributed by atoms with Gasteiger partial charge in [0.1, 0.15) is 22.1 Å². The first-order valence-corrected chi connectivity index (χ1v) is 33.5. The molecule has 102 heavy (non-hydrogen) atoms. The van der Waals surface area contributed by atoms with Crippen LogP contribution in [0, 0.1) is 0 Å². The molecule has 476 valence electrons. The van der Waals surface area contributed by atoms with Crippen molar-refractivity contribution in [2.75, 3.05) is 0 Å². The van der Waals surface area contributed by atoms with Gasteiger partial charge in [-0.15, -0.1) is 0 Å². The lowest BCUT2D eigenvalue weighted by molar-refractivity contribution is 0.316. The van der Waals surface area contributed by atoms with Crippen LogP contribution in [-0.2, 0) is 0 Å². The van der Waals surface area contributed by atoms with Crippen LogP contribution in [0.25, 0.3) is 200 Å². The molecule has 9 aromatic heterocycles. The third kappa shape index (κ3) is 10.6. The largest absolute Gasteiger partial charge is 0.255 e. The summed E-state index contributed by atoms with van der Waals surface area (Å²) in [6.07, 6.45) is 3.58. The van der Waals surface area contributed by atoms with E-state index >= 15 is 0 Å². The van der Waals surface area contributed by atoms with Crippen LogP contribution >= 0.6 is 0 Å². The lowest BCUT2D eigenvalue weighted by atomic mass is 9.93. The van der Waals surface area contributed by atoms with Gasteiger partial charge in [-0.2, -0.15) is 0 Å². The highest BCUT2D eigenvalue weighted by Gasteiger charge is 2.24. The Bertz CT molecular complexity index is 6530. The summed E-state index contributed by atoms with van der Waals surface area (Å²) in [6, 6.07) is 106. The monoisotopic (exact) mass is 1310 g/mol. The van der Waals surface area contributed by atoms with Crippen molar-refractivity contribution in [1.82, 2.24) is 55.5 Å². The predicted octanol–water partition coefficient (Wildman–Crippen LogP) is 21.8. The lowest BCUT2D eigenvalue weighted by Crippen LogP contribution is -1.94. The second-order valence-corrected chi connectivity index (χ2v) is 25.1. The average Bonchev–Trinajstić information content (AvgIpc) is 1.28. The Morgan fingerprint density at radius 1 is 0.206 bits per heavy atom. The molecule has 0 spiro atoms. The first-order valence-electron chi connectivity index (χ1n) is 33.5. The standard InChI is InChI=1S/C46H28N6O.C43H25N5O/c1-3-11-31(12-4-1)36-28-37-43(46-45(36)51-53-52-46)35-22-21-33(25-40(35)50-44(37)32-13-5-2-6-14-32)29-17-19-30(20-18-29)34-26-41(38-15-7-9-23-47-38)49-42(27-34)39-16-8-10-24-48-39;1-4-10-26(11-5-1)33-25-34-38(43-42(33)47-49-48-43)32-21-18-31(24-37(32)46-39(34)28-14-8-3-9-15-28)36-23-20-30-17-16-29-19-22-35(27-12-6-2-7-13-27)44-40(29)41(30)45-36/h1-28H;1-25H. The summed E-state index contributed by atoms with van der Waals surface area (Å²) in [5, 5.41) is 25.6. The van der Waals surface area contributed by atoms with Crippen LogP contribution in [0.4, 0.5) is 0 Å². The van der Waals surface area contributed by atoms with Crippen LogP contribution in [0.2, 0.25) is 0 Å². The molecule has 0 atom stereocenters. The topological polar surface area (TPSA) is 168 Å². The van der Waals surface area contributed by atoms with Crippen LogP contribution in [-0.4, -0.2) is 55.5 Å². The molecular formula is C89H53N11O2. The first kappa shape index (κ1) is 59.1. The summed E-state index contributed by atoms with van der Waals surface area (Å²) in [7, 11) is 0. The fourth-order valence-corrected chi connectivity index (χ4v) is 14.0. The zero-order chi connectivity index (χ0) is 67.5. The van der Waals surface area contributed by atoms with Crippen LogP contribution in [0.1, 0.15) is 0 Å². The van der Waals surface area contributed by atoms with Crippen molar-refractivity contribution in [3.05, 3.63) is 322 Å². The van der Waals surface area contributed by atoms with E-state index in [9.17, 15) is 0 Å². The molecule has 0 aliphatic heterocycles. The molecule has 0 aliphatic carbocycles. The SMILES string of the molecule is c1ccc(-c2ccc3ccc4ccc(-c5ccc6c(c5)nc(-c5ccccc5)c5cc(-c7ccccc7)c7nonc7c56)nc4c3n2)cc1.c1ccc(-c2nc3cc(-c4ccc(-c5cc(-c6ccccn6)nc(-c6ccccn6)c5)cc4)ccc3c3c2cc(-c2ccccc2)c2nonc23)cc1. The molecule has 11 aromatic carbocycles. The molecule has 0 amide bonds. The summed E-state index contributed by atoms with van der Waals surface area (Å²) < 4.78 is 10.8. The summed E-state index contributed by atoms with van der Waals surface area (Å²) in [4.78, 5) is 35.0. The van der Waals surface area contributed by atoms with Gasteiger partial charge in [-0.05, 0) is 127 Å². The maximum atomic E-state index is 5.40. The Morgan fingerprint density at radius 3 is 1.05 bits per heavy atom. The van der Waals surface area contributed by atoms with E-state index in [-0.39, 0.29) is 0 Å². The average molecular weight is 1310 g/mol. The van der Waals surface area contributed by atoms with Gasteiger partial charge in [0.15, 0.2) is 0 Å². The van der Waals surface area contributed by atoms with Gasteiger partial charge in [-0.1, -0.05) is 237 Å². The summed E-state index contributed by atoms with van der Waals surface area (Å²) in [5.41, 5.74) is 25.4. The number of benzene rings is 11. The van der Waals surface area contributed by atoms with Gasteiger partial charge < -0.3 is 0 Å². The molecule has 0 aliphatic rings. The molecule has 0 radical (unpaired) electrons. The highest BCUT2D eigenvalue weighted by Crippen LogP contribution is 2.44. The van der Waals surface area contributed by atoms with Crippen molar-refractivity contribution in [3.8, 4) is 112 Å². The van der Waals surface area contributed by atoms with Crippen LogP contribution in [0.3, 0.4) is 0 Å². The van der Waals surface area contributed by atoms with Gasteiger partial charge in [-0.3, -0.25) is 9.97 Å². The number of fused-ring (bicyclic) bond motifs is 13. The second-order valence-electron chi connectivity index (χ2n) is 25.1. The summed E-state index contributed by atoms with van der Waals surface area (Å²) >= 11 is 0. The molecule has 9 heterocycles. The molecule has 0 saturated carbocycles. The highest BCUT2D eigenvalue weighted by atomic mass is 16.6. The number of pyridine rings is 7. The van der Waals surface area contributed by atoms with Crippen molar-refractivity contribution >= 4 is 87.2 Å². The normalized spacial score (nSPS) is 11.5. The number of rotatable bonds is 10. The predicted molar refractivity (Wildman–Crippen MR) is 408 cm³/mol. The summed E-state index contributed by atoms with van der Waals surface area (Å²) in [6.45, 7) is 0. The zero-order valence-electron chi connectivity index (χ0n) is 54.3. The van der Waals surface area contributed by atoms with Crippen molar-refractivity contribution < 1.29 is 9.26 Å². The van der Waals surface area contributed by atoms with Gasteiger partial charge in [0.05, 0.1) is 67.6 Å². The molecule has 13 nitrogen and oxygen atoms in total. The van der Waals surface area contributed by atoms with E-state index in [0.717, 1.165) is 194 Å². The van der Waals surface area contributed by atoms with E-state index in [1.165, 1.54) is 0 Å². The van der Waals surface area contributed by atoms with E-state index in [1.807, 2.05) is 127 Å². The van der Waals surface area contributed by atoms with Crippen molar-refractivity contribution in [1.29, 1.82) is 0 Å². The lowest BCUT2D eigenvalue weighted by Gasteiger charge is -2.14. The van der Waals surface area contributed by atoms with E-state index in [2.05, 4.69) is 213 Å². The Morgan fingerprint density at radius 2 is 0.588 bits per heavy atom. The molecule has 0 fully saturated rings. The maximum absolute atomic E-state index is 5.40. The van der Waals surface area contributed by atoms with Gasteiger partial charge in [0.25, 0.3) is 0 Å². The molecule has 13 heteroatoms. The van der Waals surface area contributed by atoms with Crippen LogP contribution in [0.5, 0.6) is 0 Å². The van der Waals surface area contributed by atoms with E-state index in [0.29, 0.717) is 5.52 Å². The maximum Gasteiger partial charge on any atom is 0.144 e.